The normalized spacial score (nSPS) is 12.1. The van der Waals surface area contributed by atoms with Gasteiger partial charge in [0.25, 0.3) is 0 Å². The van der Waals surface area contributed by atoms with Gasteiger partial charge in [-0.15, -0.1) is 0 Å². The van der Waals surface area contributed by atoms with Gasteiger partial charge >= 0.3 is 5.97 Å². The molecule has 5 heteroatoms. The van der Waals surface area contributed by atoms with Crippen LogP contribution in [0.3, 0.4) is 0 Å². The van der Waals surface area contributed by atoms with Gasteiger partial charge in [0.05, 0.1) is 0 Å². The van der Waals surface area contributed by atoms with E-state index in [0.717, 1.165) is 6.42 Å². The number of amides is 1. The molecule has 1 amide bonds. The zero-order chi connectivity index (χ0) is 11.0. The summed E-state index contributed by atoms with van der Waals surface area (Å²) in [6.07, 6.45) is 2.24. The molecule has 0 fully saturated rings. The Morgan fingerprint density at radius 1 is 1.43 bits per heavy atom. The van der Waals surface area contributed by atoms with Crippen molar-refractivity contribution in [3.63, 3.8) is 0 Å². The minimum Gasteiger partial charge on any atom is -0.480 e. The molecule has 0 saturated heterocycles. The lowest BCUT2D eigenvalue weighted by Crippen LogP contribution is -2.40. The number of carboxylic acids is 1. The second-order valence-electron chi connectivity index (χ2n) is 3.11. The molecule has 4 N–H and O–H groups in total. The smallest absolute Gasteiger partial charge is 0.326 e. The number of nitrogens with two attached hydrogens (primary N) is 1. The summed E-state index contributed by atoms with van der Waals surface area (Å²) in [6, 6.07) is -0.764. The summed E-state index contributed by atoms with van der Waals surface area (Å²) in [5.74, 6) is -1.20. The van der Waals surface area contributed by atoms with Crippen LogP contribution in [0.5, 0.6) is 0 Å². The maximum Gasteiger partial charge on any atom is 0.326 e. The van der Waals surface area contributed by atoms with Gasteiger partial charge in [0, 0.05) is 6.42 Å². The highest BCUT2D eigenvalue weighted by Gasteiger charge is 2.16. The van der Waals surface area contributed by atoms with Crippen molar-refractivity contribution in [1.29, 1.82) is 0 Å². The first-order valence-electron chi connectivity index (χ1n) is 4.84. The van der Waals surface area contributed by atoms with Gasteiger partial charge in [-0.25, -0.2) is 4.79 Å². The summed E-state index contributed by atoms with van der Waals surface area (Å²) in [4.78, 5) is 21.7. The molecule has 0 aromatic rings. The summed E-state index contributed by atoms with van der Waals surface area (Å²) in [5.41, 5.74) is 5.26. The fraction of sp³-hybridized carbons (Fsp3) is 0.778. The highest BCUT2D eigenvalue weighted by atomic mass is 16.4. The van der Waals surface area contributed by atoms with Gasteiger partial charge in [-0.05, 0) is 25.8 Å². The maximum absolute atomic E-state index is 11.2. The number of unbranched alkanes of at least 4 members (excludes halogenated alkanes) is 1. The standard InChI is InChI=1S/C9H18N2O3/c1-2-7(9(13)14)11-8(12)5-3-4-6-10/h7H,2-6,10H2,1H3,(H,11,12)(H,13,14)/t7-/m1/s1. The summed E-state index contributed by atoms with van der Waals surface area (Å²) >= 11 is 0. The molecule has 0 aliphatic rings. The van der Waals surface area contributed by atoms with Crippen molar-refractivity contribution in [1.82, 2.24) is 5.32 Å². The Bertz CT molecular complexity index is 194. The number of hydrogen-bond acceptors (Lipinski definition) is 3. The first-order valence-corrected chi connectivity index (χ1v) is 4.84. The molecule has 0 spiro atoms. The van der Waals surface area contributed by atoms with Gasteiger partial charge in [0.2, 0.25) is 5.91 Å². The number of carbonyl (C=O) groups excluding carboxylic acids is 1. The lowest BCUT2D eigenvalue weighted by Gasteiger charge is -2.11. The lowest BCUT2D eigenvalue weighted by atomic mass is 10.2. The van der Waals surface area contributed by atoms with Crippen LogP contribution in [0.15, 0.2) is 0 Å². The van der Waals surface area contributed by atoms with Crippen molar-refractivity contribution in [2.45, 2.75) is 38.6 Å². The van der Waals surface area contributed by atoms with Gasteiger partial charge in [0.15, 0.2) is 0 Å². The molecule has 0 heterocycles. The van der Waals surface area contributed by atoms with Crippen LogP contribution in [0.2, 0.25) is 0 Å². The quantitative estimate of drug-likeness (QED) is 0.510. The van der Waals surface area contributed by atoms with Crippen LogP contribution in [0.1, 0.15) is 32.6 Å². The predicted octanol–water partition coefficient (Wildman–Crippen LogP) is 0.0948. The molecule has 1 atom stereocenters. The van der Waals surface area contributed by atoms with E-state index < -0.39 is 12.0 Å². The molecule has 0 aromatic carbocycles. The minimum absolute atomic E-state index is 0.215. The van der Waals surface area contributed by atoms with Gasteiger partial charge in [0.1, 0.15) is 6.04 Å². The van der Waals surface area contributed by atoms with Crippen LogP contribution < -0.4 is 11.1 Å². The molecule has 5 nitrogen and oxygen atoms in total. The average molecular weight is 202 g/mol. The van der Waals surface area contributed by atoms with E-state index in [1.807, 2.05) is 0 Å². The number of hydrogen-bond donors (Lipinski definition) is 3. The Labute approximate surface area is 83.7 Å². The molecule has 0 radical (unpaired) electrons. The number of carboxylic acid groups (broad SMARTS) is 1. The zero-order valence-electron chi connectivity index (χ0n) is 8.45. The van der Waals surface area contributed by atoms with E-state index in [0.29, 0.717) is 25.8 Å². The Morgan fingerprint density at radius 3 is 2.50 bits per heavy atom. The fourth-order valence-electron chi connectivity index (χ4n) is 1.03. The summed E-state index contributed by atoms with van der Waals surface area (Å²) in [5, 5.41) is 11.1. The number of nitrogens with one attached hydrogen (secondary N) is 1. The monoisotopic (exact) mass is 202 g/mol. The molecule has 0 unspecified atom stereocenters. The van der Waals surface area contributed by atoms with Crippen LogP contribution in [-0.4, -0.2) is 29.6 Å². The van der Waals surface area contributed by atoms with Crippen molar-refractivity contribution in [2.75, 3.05) is 6.54 Å². The van der Waals surface area contributed by atoms with Crippen molar-refractivity contribution in [3.05, 3.63) is 0 Å². The van der Waals surface area contributed by atoms with Crippen LogP contribution in [0.4, 0.5) is 0 Å². The van der Waals surface area contributed by atoms with Gasteiger partial charge in [-0.3, -0.25) is 4.79 Å². The third-order valence-corrected chi connectivity index (χ3v) is 1.90. The van der Waals surface area contributed by atoms with E-state index in [1.165, 1.54) is 0 Å². The largest absolute Gasteiger partial charge is 0.480 e. The van der Waals surface area contributed by atoms with Crippen LogP contribution in [0, 0.1) is 0 Å². The van der Waals surface area contributed by atoms with E-state index in [9.17, 15) is 9.59 Å². The Hall–Kier alpha value is -1.10. The Kier molecular flexibility index (Phi) is 6.74. The SMILES string of the molecule is CC[C@@H](NC(=O)CCCCN)C(=O)O. The van der Waals surface area contributed by atoms with E-state index in [1.54, 1.807) is 6.92 Å². The first-order chi connectivity index (χ1) is 6.61. The highest BCUT2D eigenvalue weighted by molar-refractivity contribution is 5.83. The van der Waals surface area contributed by atoms with Crippen LogP contribution in [0.25, 0.3) is 0 Å². The zero-order valence-corrected chi connectivity index (χ0v) is 8.45. The number of carbonyl (C=O) groups is 2. The minimum atomic E-state index is -0.986. The second kappa shape index (κ2) is 7.32. The summed E-state index contributed by atoms with van der Waals surface area (Å²) < 4.78 is 0. The van der Waals surface area contributed by atoms with Crippen molar-refractivity contribution in [2.24, 2.45) is 5.73 Å². The fourth-order valence-corrected chi connectivity index (χ4v) is 1.03. The van der Waals surface area contributed by atoms with Gasteiger partial charge in [-0.1, -0.05) is 6.92 Å². The number of rotatable bonds is 7. The van der Waals surface area contributed by atoms with Crippen LogP contribution in [-0.2, 0) is 9.59 Å². The lowest BCUT2D eigenvalue weighted by molar-refractivity contribution is -0.141. The maximum atomic E-state index is 11.2. The van der Waals surface area contributed by atoms with E-state index in [4.69, 9.17) is 10.8 Å². The predicted molar refractivity (Wildman–Crippen MR) is 52.8 cm³/mol. The van der Waals surface area contributed by atoms with E-state index >= 15 is 0 Å². The Morgan fingerprint density at radius 2 is 2.07 bits per heavy atom. The second-order valence-corrected chi connectivity index (χ2v) is 3.11. The van der Waals surface area contributed by atoms with Crippen molar-refractivity contribution >= 4 is 11.9 Å². The topological polar surface area (TPSA) is 92.4 Å². The third-order valence-electron chi connectivity index (χ3n) is 1.90. The average Bonchev–Trinajstić information content (AvgIpc) is 2.14. The van der Waals surface area contributed by atoms with E-state index in [2.05, 4.69) is 5.32 Å². The highest BCUT2D eigenvalue weighted by Crippen LogP contribution is 1.96. The molecule has 0 aliphatic heterocycles. The molecular formula is C9H18N2O3. The molecule has 82 valence electrons. The first kappa shape index (κ1) is 12.9. The Balaban J connectivity index is 3.74. The molecule has 0 rings (SSSR count). The number of aliphatic carboxylic acids is 1. The van der Waals surface area contributed by atoms with Crippen molar-refractivity contribution in [3.8, 4) is 0 Å². The molecule has 0 saturated carbocycles. The molecule has 0 bridgehead atoms. The third kappa shape index (κ3) is 5.53. The molecule has 14 heavy (non-hydrogen) atoms. The summed E-state index contributed by atoms with van der Waals surface area (Å²) in [7, 11) is 0. The van der Waals surface area contributed by atoms with Crippen molar-refractivity contribution < 1.29 is 14.7 Å². The van der Waals surface area contributed by atoms with E-state index in [-0.39, 0.29) is 5.91 Å². The van der Waals surface area contributed by atoms with Gasteiger partial charge < -0.3 is 16.2 Å². The van der Waals surface area contributed by atoms with Gasteiger partial charge in [-0.2, -0.15) is 0 Å². The molecule has 0 aliphatic carbocycles. The molecule has 0 aromatic heterocycles. The molecular weight excluding hydrogens is 184 g/mol. The van der Waals surface area contributed by atoms with Crippen LogP contribution >= 0.6 is 0 Å². The summed E-state index contributed by atoms with van der Waals surface area (Å²) in [6.45, 7) is 2.28.